The molecule has 0 bridgehead atoms. The van der Waals surface area contributed by atoms with Crippen molar-refractivity contribution in [3.63, 3.8) is 0 Å². The standard InChI is InChI=1S/C19H22BFO3/c1-14-12-19(2,3)24-20(23-14)17-10-9-16(11-18(17)21)22-13-15-7-5-4-6-8-15/h4-11,14H,12-13H2,1-3H3. The third-order valence-corrected chi connectivity index (χ3v) is 4.04. The van der Waals surface area contributed by atoms with E-state index in [1.807, 2.05) is 51.1 Å². The number of benzene rings is 2. The summed E-state index contributed by atoms with van der Waals surface area (Å²) in [6.07, 6.45) is 0.802. The van der Waals surface area contributed by atoms with Crippen LogP contribution in [0.4, 0.5) is 4.39 Å². The van der Waals surface area contributed by atoms with Crippen molar-refractivity contribution < 1.29 is 18.4 Å². The van der Waals surface area contributed by atoms with E-state index in [0.717, 1.165) is 12.0 Å². The number of hydrogen-bond donors (Lipinski definition) is 0. The molecule has 0 saturated carbocycles. The van der Waals surface area contributed by atoms with Crippen molar-refractivity contribution in [2.75, 3.05) is 0 Å². The predicted molar refractivity (Wildman–Crippen MR) is 92.9 cm³/mol. The molecule has 0 aliphatic carbocycles. The Balaban J connectivity index is 1.70. The fraction of sp³-hybridized carbons (Fsp3) is 0.368. The van der Waals surface area contributed by atoms with Gasteiger partial charge in [0.25, 0.3) is 0 Å². The molecular weight excluding hydrogens is 306 g/mol. The van der Waals surface area contributed by atoms with E-state index in [4.69, 9.17) is 14.0 Å². The summed E-state index contributed by atoms with van der Waals surface area (Å²) in [5.41, 5.74) is 1.11. The normalized spacial score (nSPS) is 20.0. The van der Waals surface area contributed by atoms with Crippen molar-refractivity contribution >= 4 is 12.6 Å². The Labute approximate surface area is 142 Å². The minimum Gasteiger partial charge on any atom is -0.489 e. The Bertz CT molecular complexity index is 690. The first-order valence-electron chi connectivity index (χ1n) is 8.22. The summed E-state index contributed by atoms with van der Waals surface area (Å²) in [5.74, 6) is 0.110. The van der Waals surface area contributed by atoms with E-state index in [1.165, 1.54) is 6.07 Å². The van der Waals surface area contributed by atoms with Gasteiger partial charge in [0.2, 0.25) is 0 Å². The molecule has 24 heavy (non-hydrogen) atoms. The second kappa shape index (κ2) is 6.95. The average Bonchev–Trinajstić information content (AvgIpc) is 2.52. The maximum absolute atomic E-state index is 14.5. The van der Waals surface area contributed by atoms with E-state index < -0.39 is 7.12 Å². The van der Waals surface area contributed by atoms with Crippen molar-refractivity contribution in [2.45, 2.75) is 45.5 Å². The zero-order valence-electron chi connectivity index (χ0n) is 14.3. The molecule has 0 spiro atoms. The van der Waals surface area contributed by atoms with E-state index in [2.05, 4.69) is 0 Å². The number of hydrogen-bond acceptors (Lipinski definition) is 3. The minimum atomic E-state index is -0.688. The average molecular weight is 328 g/mol. The number of rotatable bonds is 4. The highest BCUT2D eigenvalue weighted by Gasteiger charge is 2.39. The molecule has 5 heteroatoms. The van der Waals surface area contributed by atoms with E-state index in [1.54, 1.807) is 12.1 Å². The molecule has 2 aromatic carbocycles. The monoisotopic (exact) mass is 328 g/mol. The van der Waals surface area contributed by atoms with Crippen LogP contribution in [0.25, 0.3) is 0 Å². The summed E-state index contributed by atoms with van der Waals surface area (Å²) in [6, 6.07) is 14.6. The Hall–Kier alpha value is -1.85. The van der Waals surface area contributed by atoms with Crippen LogP contribution in [-0.2, 0) is 15.9 Å². The van der Waals surface area contributed by atoms with Gasteiger partial charge in [-0.25, -0.2) is 4.39 Å². The molecule has 126 valence electrons. The van der Waals surface area contributed by atoms with E-state index in [-0.39, 0.29) is 17.5 Å². The summed E-state index contributed by atoms with van der Waals surface area (Å²) in [5, 5.41) is 0. The van der Waals surface area contributed by atoms with Gasteiger partial charge < -0.3 is 14.0 Å². The quantitative estimate of drug-likeness (QED) is 0.801. The molecule has 2 aromatic rings. The lowest BCUT2D eigenvalue weighted by Crippen LogP contribution is -2.52. The smallest absolute Gasteiger partial charge is 0.489 e. The van der Waals surface area contributed by atoms with Gasteiger partial charge in [-0.2, -0.15) is 0 Å². The number of halogens is 1. The van der Waals surface area contributed by atoms with Crippen LogP contribution in [0.1, 0.15) is 32.8 Å². The Morgan fingerprint density at radius 1 is 1.21 bits per heavy atom. The molecule has 3 rings (SSSR count). The third kappa shape index (κ3) is 4.16. The van der Waals surface area contributed by atoms with Crippen LogP contribution in [0.3, 0.4) is 0 Å². The minimum absolute atomic E-state index is 0.0205. The first-order chi connectivity index (χ1) is 11.4. The van der Waals surface area contributed by atoms with Crippen molar-refractivity contribution in [1.29, 1.82) is 0 Å². The molecule has 1 aliphatic rings. The van der Waals surface area contributed by atoms with Gasteiger partial charge in [-0.15, -0.1) is 0 Å². The molecule has 0 N–H and O–H groups in total. The van der Waals surface area contributed by atoms with Crippen molar-refractivity contribution in [1.82, 2.24) is 0 Å². The molecule has 0 radical (unpaired) electrons. The van der Waals surface area contributed by atoms with Gasteiger partial charge in [-0.05, 0) is 38.8 Å². The van der Waals surface area contributed by atoms with Crippen LogP contribution in [-0.4, -0.2) is 18.8 Å². The van der Waals surface area contributed by atoms with Crippen LogP contribution in [0.2, 0.25) is 0 Å². The summed E-state index contributed by atoms with van der Waals surface area (Å²) >= 11 is 0. The zero-order chi connectivity index (χ0) is 17.2. The van der Waals surface area contributed by atoms with Gasteiger partial charge in [0.1, 0.15) is 18.2 Å². The van der Waals surface area contributed by atoms with Gasteiger partial charge in [0, 0.05) is 17.6 Å². The second-order valence-electron chi connectivity index (χ2n) is 6.82. The first-order valence-corrected chi connectivity index (χ1v) is 8.22. The largest absolute Gasteiger partial charge is 0.497 e. The fourth-order valence-electron chi connectivity index (χ4n) is 2.98. The maximum atomic E-state index is 14.5. The Kier molecular flexibility index (Phi) is 4.92. The lowest BCUT2D eigenvalue weighted by Gasteiger charge is -2.38. The summed E-state index contributed by atoms with van der Waals surface area (Å²) in [7, 11) is -0.688. The fourth-order valence-corrected chi connectivity index (χ4v) is 2.98. The SMILES string of the molecule is CC1CC(C)(C)OB(c2ccc(OCc3ccccc3)cc2F)O1. The molecule has 1 unspecified atom stereocenters. The summed E-state index contributed by atoms with van der Waals surface area (Å²) in [6.45, 7) is 6.37. The van der Waals surface area contributed by atoms with Crippen LogP contribution in [0, 0.1) is 5.82 Å². The zero-order valence-corrected chi connectivity index (χ0v) is 14.3. The van der Waals surface area contributed by atoms with Crippen LogP contribution in [0.5, 0.6) is 5.75 Å². The van der Waals surface area contributed by atoms with Gasteiger partial charge in [-0.3, -0.25) is 0 Å². The second-order valence-corrected chi connectivity index (χ2v) is 6.82. The number of ether oxygens (including phenoxy) is 1. The highest BCUT2D eigenvalue weighted by molar-refractivity contribution is 6.61. The molecule has 1 aliphatic heterocycles. The van der Waals surface area contributed by atoms with Crippen molar-refractivity contribution in [3.8, 4) is 5.75 Å². The third-order valence-electron chi connectivity index (χ3n) is 4.04. The highest BCUT2D eigenvalue weighted by atomic mass is 19.1. The molecule has 1 heterocycles. The first kappa shape index (κ1) is 17.0. The maximum Gasteiger partial charge on any atom is 0.497 e. The van der Waals surface area contributed by atoms with E-state index in [9.17, 15) is 4.39 Å². The molecule has 1 fully saturated rings. The lowest BCUT2D eigenvalue weighted by molar-refractivity contribution is -0.0232. The lowest BCUT2D eigenvalue weighted by atomic mass is 9.74. The Morgan fingerprint density at radius 3 is 2.62 bits per heavy atom. The predicted octanol–water partition coefficient (Wildman–Crippen LogP) is 3.70. The van der Waals surface area contributed by atoms with Gasteiger partial charge in [0.15, 0.2) is 0 Å². The van der Waals surface area contributed by atoms with E-state index in [0.29, 0.717) is 17.8 Å². The van der Waals surface area contributed by atoms with Gasteiger partial charge >= 0.3 is 7.12 Å². The van der Waals surface area contributed by atoms with Crippen molar-refractivity contribution in [2.24, 2.45) is 0 Å². The Morgan fingerprint density at radius 2 is 1.96 bits per heavy atom. The molecular formula is C19H22BFO3. The molecule has 0 amide bonds. The molecule has 1 saturated heterocycles. The van der Waals surface area contributed by atoms with E-state index >= 15 is 0 Å². The molecule has 3 nitrogen and oxygen atoms in total. The van der Waals surface area contributed by atoms with Gasteiger partial charge in [0.05, 0.1) is 5.60 Å². The van der Waals surface area contributed by atoms with Crippen LogP contribution in [0.15, 0.2) is 48.5 Å². The van der Waals surface area contributed by atoms with Crippen molar-refractivity contribution in [3.05, 3.63) is 59.9 Å². The topological polar surface area (TPSA) is 27.7 Å². The highest BCUT2D eigenvalue weighted by Crippen LogP contribution is 2.26. The van der Waals surface area contributed by atoms with Gasteiger partial charge in [-0.1, -0.05) is 36.4 Å². The molecule has 1 atom stereocenters. The summed E-state index contributed by atoms with van der Waals surface area (Å²) < 4.78 is 31.8. The van der Waals surface area contributed by atoms with Crippen LogP contribution < -0.4 is 10.2 Å². The molecule has 0 aromatic heterocycles. The summed E-state index contributed by atoms with van der Waals surface area (Å²) in [4.78, 5) is 0. The van der Waals surface area contributed by atoms with Crippen LogP contribution >= 0.6 is 0 Å².